The van der Waals surface area contributed by atoms with E-state index in [1.165, 1.54) is 0 Å². The maximum absolute atomic E-state index is 12.4. The largest absolute Gasteiger partial charge is 0.398 e. The predicted octanol–water partition coefficient (Wildman–Crippen LogP) is 3.28. The van der Waals surface area contributed by atoms with Crippen LogP contribution in [0.2, 0.25) is 0 Å². The Labute approximate surface area is 113 Å². The van der Waals surface area contributed by atoms with E-state index < -0.39 is 0 Å². The number of nitrogen functional groups attached to an aromatic ring is 1. The lowest BCUT2D eigenvalue weighted by atomic mass is 9.93. The van der Waals surface area contributed by atoms with Crippen LogP contribution in [0.4, 0.5) is 5.69 Å². The van der Waals surface area contributed by atoms with E-state index in [2.05, 4.69) is 0 Å². The highest BCUT2D eigenvalue weighted by Crippen LogP contribution is 2.24. The molecule has 2 aromatic rings. The van der Waals surface area contributed by atoms with Crippen molar-refractivity contribution in [2.75, 3.05) is 19.5 Å². The van der Waals surface area contributed by atoms with E-state index in [1.54, 1.807) is 7.11 Å². The quantitative estimate of drug-likeness (QED) is 0.660. The molecular weight excluding hydrogens is 238 g/mol. The van der Waals surface area contributed by atoms with Crippen molar-refractivity contribution in [2.45, 2.75) is 13.3 Å². The first-order valence-corrected chi connectivity index (χ1v) is 6.45. The molecule has 0 aromatic heterocycles. The van der Waals surface area contributed by atoms with E-state index in [9.17, 15) is 4.79 Å². The van der Waals surface area contributed by atoms with Crippen LogP contribution in [0.25, 0.3) is 10.8 Å². The highest BCUT2D eigenvalue weighted by atomic mass is 16.5. The molecule has 0 saturated heterocycles. The van der Waals surface area contributed by atoms with Gasteiger partial charge in [-0.15, -0.1) is 0 Å². The fourth-order valence-electron chi connectivity index (χ4n) is 2.16. The Morgan fingerprint density at radius 2 is 1.89 bits per heavy atom. The first-order valence-electron chi connectivity index (χ1n) is 6.45. The minimum Gasteiger partial charge on any atom is -0.398 e. The number of nitrogens with two attached hydrogens (primary N) is 1. The van der Waals surface area contributed by atoms with Crippen molar-refractivity contribution in [3.05, 3.63) is 42.0 Å². The van der Waals surface area contributed by atoms with Gasteiger partial charge in [0.15, 0.2) is 5.78 Å². The van der Waals surface area contributed by atoms with Gasteiger partial charge in [0.1, 0.15) is 0 Å². The smallest absolute Gasteiger partial charge is 0.167 e. The van der Waals surface area contributed by atoms with Crippen molar-refractivity contribution < 1.29 is 9.53 Å². The first kappa shape index (κ1) is 13.6. The Hall–Kier alpha value is -1.87. The minimum absolute atomic E-state index is 0.0802. The molecule has 100 valence electrons. The number of carbonyl (C=O) groups excluding carboxylic acids is 1. The zero-order valence-electron chi connectivity index (χ0n) is 11.3. The summed E-state index contributed by atoms with van der Waals surface area (Å²) in [4.78, 5) is 12.4. The average molecular weight is 257 g/mol. The predicted molar refractivity (Wildman–Crippen MR) is 78.3 cm³/mol. The molecule has 0 saturated carbocycles. The highest BCUT2D eigenvalue weighted by molar-refractivity contribution is 6.06. The molecule has 0 heterocycles. The van der Waals surface area contributed by atoms with Crippen LogP contribution in [-0.2, 0) is 4.74 Å². The summed E-state index contributed by atoms with van der Waals surface area (Å²) < 4.78 is 5.02. The summed E-state index contributed by atoms with van der Waals surface area (Å²) in [5.41, 5.74) is 7.16. The Morgan fingerprint density at radius 3 is 2.53 bits per heavy atom. The van der Waals surface area contributed by atoms with Crippen molar-refractivity contribution in [1.29, 1.82) is 0 Å². The number of methoxy groups -OCH3 is 1. The standard InChI is InChI=1S/C16H19NO2/c1-11(7-8-19-2)16(18)14-9-12-5-3-4-6-13(12)10-15(14)17/h3-6,9-11H,7-8,17H2,1-2H3. The normalized spacial score (nSPS) is 12.5. The zero-order chi connectivity index (χ0) is 13.8. The van der Waals surface area contributed by atoms with Gasteiger partial charge in [-0.3, -0.25) is 4.79 Å². The monoisotopic (exact) mass is 257 g/mol. The summed E-state index contributed by atoms with van der Waals surface area (Å²) in [7, 11) is 1.64. The van der Waals surface area contributed by atoms with Gasteiger partial charge in [-0.1, -0.05) is 31.2 Å². The van der Waals surface area contributed by atoms with Gasteiger partial charge < -0.3 is 10.5 Å². The van der Waals surface area contributed by atoms with Gasteiger partial charge >= 0.3 is 0 Å². The molecule has 3 heteroatoms. The summed E-state index contributed by atoms with van der Waals surface area (Å²) in [5.74, 6) is 0.00344. The lowest BCUT2D eigenvalue weighted by Crippen LogP contribution is -2.15. The second-order valence-corrected chi connectivity index (χ2v) is 4.83. The lowest BCUT2D eigenvalue weighted by molar-refractivity contribution is 0.0895. The van der Waals surface area contributed by atoms with E-state index >= 15 is 0 Å². The Bertz CT molecular complexity index is 592. The van der Waals surface area contributed by atoms with E-state index in [0.717, 1.165) is 10.8 Å². The van der Waals surface area contributed by atoms with Gasteiger partial charge in [0.25, 0.3) is 0 Å². The second kappa shape index (κ2) is 5.85. The molecular formula is C16H19NO2. The number of fused-ring (bicyclic) bond motifs is 1. The Balaban J connectivity index is 2.33. The van der Waals surface area contributed by atoms with E-state index in [-0.39, 0.29) is 11.7 Å². The van der Waals surface area contributed by atoms with Crippen LogP contribution in [0.15, 0.2) is 36.4 Å². The number of hydrogen-bond donors (Lipinski definition) is 1. The van der Waals surface area contributed by atoms with Gasteiger partial charge in [-0.25, -0.2) is 0 Å². The number of Topliss-reactive ketones (excluding diaryl/α,β-unsaturated/α-hetero) is 1. The summed E-state index contributed by atoms with van der Waals surface area (Å²) in [6.45, 7) is 2.50. The van der Waals surface area contributed by atoms with Gasteiger partial charge in [-0.2, -0.15) is 0 Å². The minimum atomic E-state index is -0.0802. The number of ether oxygens (including phenoxy) is 1. The lowest BCUT2D eigenvalue weighted by Gasteiger charge is -2.12. The fourth-order valence-corrected chi connectivity index (χ4v) is 2.16. The number of benzene rings is 2. The molecule has 0 radical (unpaired) electrons. The van der Waals surface area contributed by atoms with Crippen molar-refractivity contribution in [1.82, 2.24) is 0 Å². The topological polar surface area (TPSA) is 52.3 Å². The summed E-state index contributed by atoms with van der Waals surface area (Å²) in [6, 6.07) is 11.7. The number of ketones is 1. The van der Waals surface area contributed by atoms with Gasteiger partial charge in [-0.05, 0) is 29.3 Å². The molecule has 0 aliphatic heterocycles. The summed E-state index contributed by atoms with van der Waals surface area (Å²) in [6.07, 6.45) is 0.710. The van der Waals surface area contributed by atoms with E-state index in [0.29, 0.717) is 24.3 Å². The Morgan fingerprint density at radius 1 is 1.26 bits per heavy atom. The number of hydrogen-bond acceptors (Lipinski definition) is 3. The van der Waals surface area contributed by atoms with E-state index in [4.69, 9.17) is 10.5 Å². The third-order valence-corrected chi connectivity index (χ3v) is 3.39. The van der Waals surface area contributed by atoms with Crippen LogP contribution in [0.3, 0.4) is 0 Å². The molecule has 2 aromatic carbocycles. The van der Waals surface area contributed by atoms with Crippen LogP contribution in [0.5, 0.6) is 0 Å². The molecule has 2 rings (SSSR count). The molecule has 1 atom stereocenters. The molecule has 3 nitrogen and oxygen atoms in total. The fraction of sp³-hybridized carbons (Fsp3) is 0.312. The third-order valence-electron chi connectivity index (χ3n) is 3.39. The van der Waals surface area contributed by atoms with Gasteiger partial charge in [0.2, 0.25) is 0 Å². The molecule has 0 amide bonds. The highest BCUT2D eigenvalue weighted by Gasteiger charge is 2.17. The SMILES string of the molecule is COCCC(C)C(=O)c1cc2ccccc2cc1N. The molecule has 0 spiro atoms. The Kier molecular flexibility index (Phi) is 4.17. The van der Waals surface area contributed by atoms with Crippen molar-refractivity contribution in [2.24, 2.45) is 5.92 Å². The molecule has 0 bridgehead atoms. The van der Waals surface area contributed by atoms with Crippen molar-refractivity contribution in [3.8, 4) is 0 Å². The van der Waals surface area contributed by atoms with Gasteiger partial charge in [0, 0.05) is 30.9 Å². The average Bonchev–Trinajstić information content (AvgIpc) is 2.43. The zero-order valence-corrected chi connectivity index (χ0v) is 11.3. The number of rotatable bonds is 5. The maximum Gasteiger partial charge on any atom is 0.167 e. The second-order valence-electron chi connectivity index (χ2n) is 4.83. The maximum atomic E-state index is 12.4. The number of carbonyl (C=O) groups is 1. The molecule has 0 fully saturated rings. The van der Waals surface area contributed by atoms with Crippen LogP contribution < -0.4 is 5.73 Å². The van der Waals surface area contributed by atoms with Crippen LogP contribution >= 0.6 is 0 Å². The number of anilines is 1. The van der Waals surface area contributed by atoms with Crippen LogP contribution in [0, 0.1) is 5.92 Å². The molecule has 0 aliphatic rings. The molecule has 2 N–H and O–H groups in total. The van der Waals surface area contributed by atoms with Crippen LogP contribution in [0.1, 0.15) is 23.7 Å². The molecule has 19 heavy (non-hydrogen) atoms. The molecule has 0 aliphatic carbocycles. The summed E-state index contributed by atoms with van der Waals surface area (Å²) >= 11 is 0. The van der Waals surface area contributed by atoms with Crippen molar-refractivity contribution >= 4 is 22.2 Å². The summed E-state index contributed by atoms with van der Waals surface area (Å²) in [5, 5.41) is 2.10. The third kappa shape index (κ3) is 2.93. The molecule has 1 unspecified atom stereocenters. The van der Waals surface area contributed by atoms with Crippen LogP contribution in [-0.4, -0.2) is 19.5 Å². The van der Waals surface area contributed by atoms with E-state index in [1.807, 2.05) is 43.3 Å². The van der Waals surface area contributed by atoms with Crippen molar-refractivity contribution in [3.63, 3.8) is 0 Å². The van der Waals surface area contributed by atoms with Gasteiger partial charge in [0.05, 0.1) is 0 Å². The first-order chi connectivity index (χ1) is 9.13.